The molecular weight excluding hydrogens is 1040 g/mol. The summed E-state index contributed by atoms with van der Waals surface area (Å²) in [5, 5.41) is 121. The molecule has 3 heterocycles. The fraction of sp³-hybridized carbons (Fsp3) is 0.877. The first-order chi connectivity index (χ1) is 36.9. The Morgan fingerprint density at radius 3 is 1.89 bits per heavy atom. The Kier molecular flexibility index (Phi) is 17.9. The monoisotopic (exact) mass is 1130 g/mol. The maximum atomic E-state index is 13.9. The molecule has 26 atom stereocenters. The number of carbonyl (C=O) groups excluding carboxylic acids is 2. The zero-order chi connectivity index (χ0) is 58.4. The first-order valence-electron chi connectivity index (χ1n) is 28.4. The van der Waals surface area contributed by atoms with Crippen molar-refractivity contribution < 1.29 is 108 Å². The van der Waals surface area contributed by atoms with Gasteiger partial charge in [-0.05, 0) is 105 Å². The van der Waals surface area contributed by atoms with Gasteiger partial charge in [0.15, 0.2) is 25.0 Å². The molecule has 0 aromatic heterocycles. The van der Waals surface area contributed by atoms with Crippen LogP contribution in [-0.2, 0) is 52.3 Å². The number of aliphatic hydroxyl groups excluding tert-OH is 10. The highest BCUT2D eigenvalue weighted by Gasteiger charge is 2.74. The van der Waals surface area contributed by atoms with Crippen molar-refractivity contribution in [2.24, 2.45) is 56.2 Å². The summed E-state index contributed by atoms with van der Waals surface area (Å²) in [6, 6.07) is 0. The minimum Gasteiger partial charge on any atom is -0.479 e. The molecule has 3 aliphatic heterocycles. The number of allylic oxidation sites excluding steroid dienone is 3. The van der Waals surface area contributed by atoms with Gasteiger partial charge in [0.1, 0.15) is 73.2 Å². The maximum Gasteiger partial charge on any atom is 0.335 e. The molecule has 0 aromatic carbocycles. The molecule has 7 fully saturated rings. The molecular formula is C57H90O22. The Morgan fingerprint density at radius 1 is 0.722 bits per heavy atom. The van der Waals surface area contributed by atoms with Crippen molar-refractivity contribution in [3.05, 3.63) is 23.3 Å². The molecule has 4 saturated carbocycles. The fourth-order valence-electron chi connectivity index (χ4n) is 16.3. The van der Waals surface area contributed by atoms with Gasteiger partial charge in [-0.3, -0.25) is 4.79 Å². The average molecular weight is 1130 g/mol. The Bertz CT molecular complexity index is 2290. The Morgan fingerprint density at radius 2 is 1.32 bits per heavy atom. The molecule has 0 spiro atoms. The number of aliphatic carboxylic acids is 1. The topological polar surface area (TPSA) is 348 Å². The third-order valence-electron chi connectivity index (χ3n) is 21.5. The fourth-order valence-corrected chi connectivity index (χ4v) is 16.3. The molecule has 79 heavy (non-hydrogen) atoms. The second-order valence-electron chi connectivity index (χ2n) is 26.3. The highest BCUT2D eigenvalue weighted by molar-refractivity contribution is 5.87. The van der Waals surface area contributed by atoms with Crippen molar-refractivity contribution in [1.29, 1.82) is 0 Å². The Balaban J connectivity index is 1.12. The zero-order valence-corrected chi connectivity index (χ0v) is 47.5. The highest BCUT2D eigenvalue weighted by atomic mass is 16.8. The summed E-state index contributed by atoms with van der Waals surface area (Å²) in [5.41, 5.74) is -2.92. The number of hydrogen-bond donors (Lipinski definition) is 11. The van der Waals surface area contributed by atoms with Crippen LogP contribution in [0.5, 0.6) is 0 Å². The maximum absolute atomic E-state index is 13.9. The molecule has 5 aliphatic carbocycles. The van der Waals surface area contributed by atoms with E-state index >= 15 is 0 Å². The molecule has 11 N–H and O–H groups in total. The van der Waals surface area contributed by atoms with Crippen molar-refractivity contribution in [2.75, 3.05) is 19.8 Å². The summed E-state index contributed by atoms with van der Waals surface area (Å²) in [4.78, 5) is 40.4. The number of rotatable bonds is 15. The lowest BCUT2D eigenvalue weighted by Crippen LogP contribution is -2.72. The lowest BCUT2D eigenvalue weighted by Gasteiger charge is -2.72. The normalized spacial score (nSPS) is 48.7. The van der Waals surface area contributed by atoms with E-state index < -0.39 is 187 Å². The van der Waals surface area contributed by atoms with E-state index in [9.17, 15) is 70.6 Å². The third kappa shape index (κ3) is 10.1. The Hall–Kier alpha value is -2.75. The summed E-state index contributed by atoms with van der Waals surface area (Å²) in [7, 11) is 0. The number of fused-ring (bicyclic) bond motifs is 7. The molecule has 0 bridgehead atoms. The molecule has 22 heteroatoms. The lowest BCUT2D eigenvalue weighted by atomic mass is 9.33. The molecule has 8 rings (SSSR count). The number of ether oxygens (including phenoxy) is 8. The van der Waals surface area contributed by atoms with Crippen LogP contribution in [0.25, 0.3) is 0 Å². The lowest BCUT2D eigenvalue weighted by molar-refractivity contribution is -0.386. The van der Waals surface area contributed by atoms with Gasteiger partial charge in [-0.2, -0.15) is 0 Å². The van der Waals surface area contributed by atoms with Crippen LogP contribution in [-0.4, -0.2) is 204 Å². The number of carboxylic acid groups (broad SMARTS) is 1. The van der Waals surface area contributed by atoms with Crippen molar-refractivity contribution >= 4 is 17.9 Å². The van der Waals surface area contributed by atoms with Gasteiger partial charge in [0.05, 0.1) is 43.4 Å². The van der Waals surface area contributed by atoms with E-state index in [4.69, 9.17) is 37.9 Å². The van der Waals surface area contributed by atoms with Crippen LogP contribution >= 0.6 is 0 Å². The second-order valence-corrected chi connectivity index (χ2v) is 26.3. The van der Waals surface area contributed by atoms with Crippen LogP contribution in [0.4, 0.5) is 0 Å². The van der Waals surface area contributed by atoms with E-state index in [1.807, 2.05) is 20.8 Å². The summed E-state index contributed by atoms with van der Waals surface area (Å²) in [5.74, 6) is -3.72. The van der Waals surface area contributed by atoms with Gasteiger partial charge >= 0.3 is 17.9 Å². The van der Waals surface area contributed by atoms with E-state index in [0.717, 1.165) is 5.57 Å². The van der Waals surface area contributed by atoms with E-state index in [0.29, 0.717) is 50.5 Å². The van der Waals surface area contributed by atoms with Crippen LogP contribution in [0.3, 0.4) is 0 Å². The smallest absolute Gasteiger partial charge is 0.335 e. The molecule has 0 amide bonds. The second kappa shape index (κ2) is 22.7. The summed E-state index contributed by atoms with van der Waals surface area (Å²) >= 11 is 0. The van der Waals surface area contributed by atoms with E-state index in [1.165, 1.54) is 0 Å². The van der Waals surface area contributed by atoms with Crippen LogP contribution in [0.2, 0.25) is 0 Å². The van der Waals surface area contributed by atoms with Crippen molar-refractivity contribution in [1.82, 2.24) is 0 Å². The molecule has 0 unspecified atom stereocenters. The van der Waals surface area contributed by atoms with Gasteiger partial charge in [-0.15, -0.1) is 0 Å². The standard InChI is InChI=1S/C57H90O22/c1-12-25(3)47(70)78-44-45(79-48(71)26(4)13-2)57(24-60)28(20-52(44,5)6)27-14-15-32-54(9)18-17-34(53(7,8)31(54)16-19-55(32,10)56(27,11)21-33(57)61)74-51-43(77-50-39(66)37(64)35(62)29(22-58)72-50)41(40(67)42(76-51)46(68)69)75-49-38(65)36(63)30(23-59)73-49/h12,14,26,28-45,49-51,58-67H,13,15-24H2,1-11H3,(H,68,69)/b25-12-/t26-,28+,29-,30-,31-,32+,33-,34-,35+,36+,37+,38+,39-,40+,41-,42+,43-,44+,45-,49+,50+,51-,54+,55-,56-,57-/m0/s1. The number of esters is 2. The van der Waals surface area contributed by atoms with E-state index in [1.54, 1.807) is 26.8 Å². The van der Waals surface area contributed by atoms with Gasteiger partial charge in [-0.25, -0.2) is 9.59 Å². The third-order valence-corrected chi connectivity index (χ3v) is 21.5. The average Bonchev–Trinajstić information content (AvgIpc) is 3.87. The van der Waals surface area contributed by atoms with Crippen LogP contribution in [0.1, 0.15) is 128 Å². The van der Waals surface area contributed by atoms with Crippen LogP contribution in [0, 0.1) is 56.2 Å². The number of aliphatic hydroxyl groups is 10. The molecule has 8 aliphatic rings. The first-order valence-corrected chi connectivity index (χ1v) is 28.4. The molecule has 22 nitrogen and oxygen atoms in total. The molecule has 3 saturated heterocycles. The summed E-state index contributed by atoms with van der Waals surface area (Å²) < 4.78 is 49.3. The van der Waals surface area contributed by atoms with E-state index in [-0.39, 0.29) is 23.7 Å². The zero-order valence-electron chi connectivity index (χ0n) is 47.5. The quantitative estimate of drug-likeness (QED) is 0.0477. The SMILES string of the molecule is C/C=C(/C)C(=O)O[C@@H]1[C@H](OC(=O)[C@@H](C)CC)[C@@]2(CO)[C@H](CC1(C)C)C1=CC[C@@H]3[C@]4(C)CC[C@H](O[C@H]5O[C@@H](C(=O)O)[C@H](O)[C@H](O[C@H]6O[C@@H](CO)[C@@H](O)[C@H]6O)[C@@H]5O[C@H]5O[C@@H](CO)[C@@H](O)[C@@H](O)[C@@H]5O)C(C)(C)[C@@H]4CC[C@]3(C)[C@@]1(C)C[C@@H]2O. The van der Waals surface area contributed by atoms with Crippen molar-refractivity contribution in [3.8, 4) is 0 Å². The first kappa shape index (κ1) is 62.3. The summed E-state index contributed by atoms with van der Waals surface area (Å²) in [6.07, 6.45) is -21.1. The number of hydrogen-bond acceptors (Lipinski definition) is 21. The minimum absolute atomic E-state index is 0.0307. The van der Waals surface area contributed by atoms with Gasteiger partial charge in [0.2, 0.25) is 0 Å². The predicted octanol–water partition coefficient (Wildman–Crippen LogP) is 1.37. The molecule has 0 aromatic rings. The van der Waals surface area contributed by atoms with Crippen LogP contribution in [0.15, 0.2) is 23.3 Å². The largest absolute Gasteiger partial charge is 0.479 e. The van der Waals surface area contributed by atoms with Crippen LogP contribution < -0.4 is 0 Å². The van der Waals surface area contributed by atoms with Crippen molar-refractivity contribution in [2.45, 2.75) is 238 Å². The van der Waals surface area contributed by atoms with Gasteiger partial charge in [-0.1, -0.05) is 80.0 Å². The van der Waals surface area contributed by atoms with E-state index in [2.05, 4.69) is 40.7 Å². The van der Waals surface area contributed by atoms with Gasteiger partial charge in [0, 0.05) is 11.0 Å². The van der Waals surface area contributed by atoms with Gasteiger partial charge in [0.25, 0.3) is 0 Å². The number of carboxylic acids is 1. The Labute approximate surface area is 462 Å². The molecule has 0 radical (unpaired) electrons. The van der Waals surface area contributed by atoms with Crippen molar-refractivity contribution in [3.63, 3.8) is 0 Å². The summed E-state index contributed by atoms with van der Waals surface area (Å²) in [6.45, 7) is 19.8. The minimum atomic E-state index is -2.10. The van der Waals surface area contributed by atoms with Gasteiger partial charge < -0.3 is 94.1 Å². The highest BCUT2D eigenvalue weighted by Crippen LogP contribution is 2.76. The number of carbonyl (C=O) groups is 3. The predicted molar refractivity (Wildman–Crippen MR) is 275 cm³/mol. The molecule has 450 valence electrons.